The van der Waals surface area contributed by atoms with E-state index in [1.165, 1.54) is 54.7 Å². The molecule has 3 aromatic rings. The molecule has 164 valence electrons. The maximum absolute atomic E-state index is 13.4. The van der Waals surface area contributed by atoms with Gasteiger partial charge in [-0.1, -0.05) is 0 Å². The molecule has 1 aliphatic heterocycles. The second-order valence-corrected chi connectivity index (χ2v) is 8.13. The number of halogens is 1. The van der Waals surface area contributed by atoms with E-state index in [0.29, 0.717) is 17.2 Å². The molecular formula is C24H20FNO5S. The number of methoxy groups -OCH3 is 2. The quantitative estimate of drug-likeness (QED) is 0.340. The third kappa shape index (κ3) is 3.52. The Balaban J connectivity index is 1.94. The lowest BCUT2D eigenvalue weighted by atomic mass is 9.98. The maximum atomic E-state index is 13.4. The van der Waals surface area contributed by atoms with Crippen molar-refractivity contribution >= 4 is 34.5 Å². The molecule has 1 amide bonds. The molecule has 0 radical (unpaired) electrons. The summed E-state index contributed by atoms with van der Waals surface area (Å²) in [6, 6.07) is 11.0. The van der Waals surface area contributed by atoms with E-state index >= 15 is 0 Å². The number of Topliss-reactive ketones (excluding diaryl/α,β-unsaturated/α-hetero) is 1. The number of hydrogen-bond donors (Lipinski definition) is 1. The molecule has 0 bridgehead atoms. The average molecular weight is 453 g/mol. The first-order chi connectivity index (χ1) is 15.4. The molecule has 1 aromatic heterocycles. The molecule has 1 N–H and O–H groups in total. The van der Waals surface area contributed by atoms with E-state index in [2.05, 4.69) is 0 Å². The third-order valence-corrected chi connectivity index (χ3v) is 6.43. The van der Waals surface area contributed by atoms with Crippen molar-refractivity contribution in [1.82, 2.24) is 0 Å². The lowest BCUT2D eigenvalue weighted by Crippen LogP contribution is -2.29. The van der Waals surface area contributed by atoms with Crippen LogP contribution in [0.25, 0.3) is 5.76 Å². The lowest BCUT2D eigenvalue weighted by Gasteiger charge is -2.25. The topological polar surface area (TPSA) is 76.1 Å². The zero-order valence-electron chi connectivity index (χ0n) is 17.6. The number of carbonyl (C=O) groups is 2. The zero-order valence-corrected chi connectivity index (χ0v) is 18.4. The van der Waals surface area contributed by atoms with Gasteiger partial charge in [0.25, 0.3) is 11.7 Å². The van der Waals surface area contributed by atoms with Crippen LogP contribution in [0.5, 0.6) is 11.5 Å². The number of hydrogen-bond acceptors (Lipinski definition) is 6. The van der Waals surface area contributed by atoms with Crippen molar-refractivity contribution in [2.45, 2.75) is 13.0 Å². The fourth-order valence-corrected chi connectivity index (χ4v) is 4.77. The van der Waals surface area contributed by atoms with E-state index in [1.807, 2.05) is 18.4 Å². The van der Waals surface area contributed by atoms with E-state index in [1.54, 1.807) is 18.2 Å². The van der Waals surface area contributed by atoms with Crippen LogP contribution in [0.15, 0.2) is 59.5 Å². The number of aliphatic hydroxyl groups is 1. The first-order valence-corrected chi connectivity index (χ1v) is 10.6. The number of ether oxygens (including phenoxy) is 2. The summed E-state index contributed by atoms with van der Waals surface area (Å²) in [6.45, 7) is 1.87. The highest BCUT2D eigenvalue weighted by Gasteiger charge is 2.48. The van der Waals surface area contributed by atoms with Gasteiger partial charge in [-0.3, -0.25) is 14.5 Å². The molecule has 8 heteroatoms. The highest BCUT2D eigenvalue weighted by atomic mass is 32.1. The van der Waals surface area contributed by atoms with Gasteiger partial charge in [-0.2, -0.15) is 0 Å². The van der Waals surface area contributed by atoms with E-state index in [9.17, 15) is 19.1 Å². The van der Waals surface area contributed by atoms with Crippen molar-refractivity contribution in [3.8, 4) is 11.5 Å². The Bertz CT molecular complexity index is 1230. The van der Waals surface area contributed by atoms with Crippen LogP contribution in [0, 0.1) is 12.7 Å². The van der Waals surface area contributed by atoms with Gasteiger partial charge in [0, 0.05) is 22.2 Å². The number of nitrogens with zero attached hydrogens (tertiary/aromatic N) is 1. The number of benzene rings is 2. The fraction of sp³-hybridized carbons (Fsp3) is 0.167. The summed E-state index contributed by atoms with van der Waals surface area (Å²) >= 11 is 1.38. The summed E-state index contributed by atoms with van der Waals surface area (Å²) in [5.41, 5.74) is 1.48. The number of anilines is 1. The lowest BCUT2D eigenvalue weighted by molar-refractivity contribution is -0.132. The van der Waals surface area contributed by atoms with Gasteiger partial charge in [0.15, 0.2) is 11.5 Å². The predicted molar refractivity (Wildman–Crippen MR) is 120 cm³/mol. The summed E-state index contributed by atoms with van der Waals surface area (Å²) in [5.74, 6) is -1.56. The van der Waals surface area contributed by atoms with Gasteiger partial charge in [-0.05, 0) is 60.3 Å². The van der Waals surface area contributed by atoms with Crippen LogP contribution in [-0.4, -0.2) is 31.0 Å². The van der Waals surface area contributed by atoms with Crippen molar-refractivity contribution in [1.29, 1.82) is 0 Å². The molecule has 0 aliphatic carbocycles. The summed E-state index contributed by atoms with van der Waals surface area (Å²) < 4.78 is 24.0. The Labute approximate surface area is 188 Å². The average Bonchev–Trinajstić information content (AvgIpc) is 3.33. The van der Waals surface area contributed by atoms with Crippen molar-refractivity contribution in [2.75, 3.05) is 19.1 Å². The normalized spacial score (nSPS) is 17.6. The largest absolute Gasteiger partial charge is 0.507 e. The van der Waals surface area contributed by atoms with Crippen LogP contribution in [0.2, 0.25) is 0 Å². The Morgan fingerprint density at radius 3 is 2.31 bits per heavy atom. The van der Waals surface area contributed by atoms with Gasteiger partial charge in [-0.15, -0.1) is 11.3 Å². The van der Waals surface area contributed by atoms with Gasteiger partial charge in [0.05, 0.1) is 19.8 Å². The zero-order chi connectivity index (χ0) is 23.0. The van der Waals surface area contributed by atoms with Crippen molar-refractivity contribution in [3.05, 3.63) is 81.3 Å². The SMILES string of the molecule is COc1ccc(N2C(=O)C(=O)/C(=C(\O)c3ccc(F)cc3)C2c2sccc2C)cc1OC. The predicted octanol–water partition coefficient (Wildman–Crippen LogP) is 4.84. The van der Waals surface area contributed by atoms with Crippen molar-refractivity contribution < 1.29 is 28.6 Å². The van der Waals surface area contributed by atoms with E-state index < -0.39 is 23.5 Å². The highest BCUT2D eigenvalue weighted by Crippen LogP contribution is 2.46. The molecule has 6 nitrogen and oxygen atoms in total. The van der Waals surface area contributed by atoms with Crippen LogP contribution in [0.3, 0.4) is 0 Å². The molecule has 1 saturated heterocycles. The number of ketones is 1. The Hall–Kier alpha value is -3.65. The third-order valence-electron chi connectivity index (χ3n) is 5.36. The van der Waals surface area contributed by atoms with Gasteiger partial charge < -0.3 is 14.6 Å². The van der Waals surface area contributed by atoms with Crippen molar-refractivity contribution in [3.63, 3.8) is 0 Å². The van der Waals surface area contributed by atoms with Crippen LogP contribution in [-0.2, 0) is 9.59 Å². The number of rotatable bonds is 5. The van der Waals surface area contributed by atoms with Gasteiger partial charge in [-0.25, -0.2) is 4.39 Å². The molecule has 4 rings (SSSR count). The number of aryl methyl sites for hydroxylation is 1. The Morgan fingerprint density at radius 2 is 1.72 bits per heavy atom. The highest BCUT2D eigenvalue weighted by molar-refractivity contribution is 7.10. The minimum atomic E-state index is -0.849. The number of amides is 1. The van der Waals surface area contributed by atoms with Gasteiger partial charge in [0.1, 0.15) is 17.6 Å². The summed E-state index contributed by atoms with van der Waals surface area (Å²) in [5, 5.41) is 12.9. The smallest absolute Gasteiger partial charge is 0.300 e. The van der Waals surface area contributed by atoms with Gasteiger partial charge >= 0.3 is 0 Å². The monoisotopic (exact) mass is 453 g/mol. The standard InChI is InChI=1S/C24H20FNO5S/c1-13-10-11-32-23(13)20-19(21(27)14-4-6-15(25)7-5-14)22(28)24(29)26(20)16-8-9-17(30-2)18(12-16)31-3/h4-12,20,27H,1-3H3/b21-19-. The summed E-state index contributed by atoms with van der Waals surface area (Å²) in [7, 11) is 2.98. The van der Waals surface area contributed by atoms with Crippen LogP contribution < -0.4 is 14.4 Å². The van der Waals surface area contributed by atoms with Crippen LogP contribution in [0.1, 0.15) is 22.0 Å². The summed E-state index contributed by atoms with van der Waals surface area (Å²) in [6.07, 6.45) is 0. The van der Waals surface area contributed by atoms with Crippen molar-refractivity contribution in [2.24, 2.45) is 0 Å². The number of thiophene rings is 1. The Morgan fingerprint density at radius 1 is 1.03 bits per heavy atom. The van der Waals surface area contributed by atoms with Crippen LogP contribution in [0.4, 0.5) is 10.1 Å². The molecule has 1 aliphatic rings. The maximum Gasteiger partial charge on any atom is 0.300 e. The minimum Gasteiger partial charge on any atom is -0.507 e. The van der Waals surface area contributed by atoms with E-state index in [-0.39, 0.29) is 16.9 Å². The fourth-order valence-electron chi connectivity index (χ4n) is 3.75. The molecule has 1 fully saturated rings. The second-order valence-electron chi connectivity index (χ2n) is 7.18. The number of aliphatic hydroxyl groups excluding tert-OH is 1. The van der Waals surface area contributed by atoms with E-state index in [4.69, 9.17) is 9.47 Å². The van der Waals surface area contributed by atoms with Crippen LogP contribution >= 0.6 is 11.3 Å². The molecule has 32 heavy (non-hydrogen) atoms. The first-order valence-electron chi connectivity index (χ1n) is 9.70. The molecular weight excluding hydrogens is 433 g/mol. The van der Waals surface area contributed by atoms with Gasteiger partial charge in [0.2, 0.25) is 0 Å². The minimum absolute atomic E-state index is 0.0538. The molecule has 0 saturated carbocycles. The molecule has 1 unspecified atom stereocenters. The molecule has 0 spiro atoms. The first kappa shape index (κ1) is 21.6. The van der Waals surface area contributed by atoms with E-state index in [0.717, 1.165) is 10.4 Å². The summed E-state index contributed by atoms with van der Waals surface area (Å²) in [4.78, 5) is 28.4. The molecule has 1 atom stereocenters. The Kier molecular flexibility index (Phi) is 5.71. The number of carbonyl (C=O) groups excluding carboxylic acids is 2. The molecule has 2 heterocycles. The molecule has 2 aromatic carbocycles. The second kappa shape index (κ2) is 8.47.